The third-order valence-corrected chi connectivity index (χ3v) is 7.65. The fourth-order valence-electron chi connectivity index (χ4n) is 5.56. The fraction of sp³-hybridized carbons (Fsp3) is 0. The van der Waals surface area contributed by atoms with Gasteiger partial charge in [-0.3, -0.25) is 0 Å². The Labute approximate surface area is 242 Å². The zero-order valence-electron chi connectivity index (χ0n) is 22.6. The highest BCUT2D eigenvalue weighted by Crippen LogP contribution is 2.41. The van der Waals surface area contributed by atoms with E-state index in [0.717, 1.165) is 60.9 Å². The zero-order valence-corrected chi connectivity index (χ0v) is 22.6. The molecule has 4 nitrogen and oxygen atoms in total. The summed E-state index contributed by atoms with van der Waals surface area (Å²) >= 11 is 0. The average Bonchev–Trinajstić information content (AvgIpc) is 3.71. The molecule has 0 amide bonds. The molecule has 0 aliphatic heterocycles. The van der Waals surface area contributed by atoms with Crippen molar-refractivity contribution in [3.8, 4) is 56.3 Å². The number of rotatable bonds is 5. The summed E-state index contributed by atoms with van der Waals surface area (Å²) in [6, 6.07) is 49.8. The van der Waals surface area contributed by atoms with Gasteiger partial charge < -0.3 is 8.83 Å². The molecule has 8 rings (SSSR count). The number of hydrogen-bond donors (Lipinski definition) is 0. The van der Waals surface area contributed by atoms with Gasteiger partial charge in [-0.2, -0.15) is 0 Å². The molecule has 4 heteroatoms. The summed E-state index contributed by atoms with van der Waals surface area (Å²) in [6.45, 7) is 0. The Morgan fingerprint density at radius 2 is 0.929 bits per heavy atom. The number of furan rings is 1. The third-order valence-electron chi connectivity index (χ3n) is 7.65. The van der Waals surface area contributed by atoms with Crippen LogP contribution >= 0.6 is 0 Å². The third kappa shape index (κ3) is 4.27. The van der Waals surface area contributed by atoms with Gasteiger partial charge in [0, 0.05) is 27.5 Å². The summed E-state index contributed by atoms with van der Waals surface area (Å²) < 4.78 is 12.7. The Hall–Kier alpha value is -5.74. The lowest BCUT2D eigenvalue weighted by Crippen LogP contribution is -1.85. The summed E-state index contributed by atoms with van der Waals surface area (Å²) in [4.78, 5) is 0. The summed E-state index contributed by atoms with van der Waals surface area (Å²) in [5.41, 5.74) is 10.1. The molecule has 0 aliphatic carbocycles. The lowest BCUT2D eigenvalue weighted by Gasteiger charge is -2.09. The van der Waals surface area contributed by atoms with Crippen LogP contribution in [-0.4, -0.2) is 10.2 Å². The number of benzene rings is 6. The van der Waals surface area contributed by atoms with E-state index in [1.54, 1.807) is 0 Å². The van der Waals surface area contributed by atoms with Gasteiger partial charge in [-0.1, -0.05) is 97.1 Å². The van der Waals surface area contributed by atoms with Crippen molar-refractivity contribution in [3.63, 3.8) is 0 Å². The molecule has 6 aromatic carbocycles. The fourth-order valence-corrected chi connectivity index (χ4v) is 5.56. The molecule has 2 aromatic heterocycles. The second-order valence-electron chi connectivity index (χ2n) is 10.3. The predicted molar refractivity (Wildman–Crippen MR) is 169 cm³/mol. The summed E-state index contributed by atoms with van der Waals surface area (Å²) in [5.74, 6) is 0.972. The molecule has 0 atom stereocenters. The molecule has 0 radical (unpaired) electrons. The van der Waals surface area contributed by atoms with Gasteiger partial charge in [-0.05, 0) is 76.3 Å². The quantitative estimate of drug-likeness (QED) is 0.218. The van der Waals surface area contributed by atoms with E-state index in [0.29, 0.717) is 11.8 Å². The standard InChI is InChI=1S/C38H24N2O2/c1-4-11-25(12-5-1)28-19-20-35-33(22-28)34-24-31(26-13-6-2-7-14-26)23-32(36(34)41-35)29-17-10-18-30(21-29)38-40-39-37(42-38)27-15-8-3-9-16-27/h1-24H. The van der Waals surface area contributed by atoms with Crippen LogP contribution in [0.5, 0.6) is 0 Å². The Morgan fingerprint density at radius 1 is 0.357 bits per heavy atom. The lowest BCUT2D eigenvalue weighted by atomic mass is 9.94. The Bertz CT molecular complexity index is 2180. The average molecular weight is 541 g/mol. The van der Waals surface area contributed by atoms with E-state index < -0.39 is 0 Å². The topological polar surface area (TPSA) is 52.1 Å². The van der Waals surface area contributed by atoms with Crippen LogP contribution in [0.25, 0.3) is 78.2 Å². The van der Waals surface area contributed by atoms with Crippen LogP contribution in [0.4, 0.5) is 0 Å². The summed E-state index contributed by atoms with van der Waals surface area (Å²) in [5, 5.41) is 10.8. The summed E-state index contributed by atoms with van der Waals surface area (Å²) in [7, 11) is 0. The smallest absolute Gasteiger partial charge is 0.248 e. The van der Waals surface area contributed by atoms with Gasteiger partial charge in [0.25, 0.3) is 0 Å². The van der Waals surface area contributed by atoms with E-state index in [4.69, 9.17) is 8.83 Å². The van der Waals surface area contributed by atoms with Gasteiger partial charge in [-0.25, -0.2) is 0 Å². The maximum atomic E-state index is 6.58. The second kappa shape index (κ2) is 10.0. The molecular formula is C38H24N2O2. The first-order valence-corrected chi connectivity index (χ1v) is 13.9. The molecule has 42 heavy (non-hydrogen) atoms. The molecule has 0 bridgehead atoms. The van der Waals surface area contributed by atoms with Crippen LogP contribution in [0, 0.1) is 0 Å². The van der Waals surface area contributed by atoms with Gasteiger partial charge in [0.15, 0.2) is 0 Å². The SMILES string of the molecule is c1ccc(-c2ccc3oc4c(-c5cccc(-c6nnc(-c7ccccc7)o6)c5)cc(-c5ccccc5)cc4c3c2)cc1. The summed E-state index contributed by atoms with van der Waals surface area (Å²) in [6.07, 6.45) is 0. The molecule has 0 saturated carbocycles. The monoisotopic (exact) mass is 540 g/mol. The normalized spacial score (nSPS) is 11.3. The molecule has 0 aliphatic rings. The van der Waals surface area contributed by atoms with Crippen molar-refractivity contribution in [2.24, 2.45) is 0 Å². The van der Waals surface area contributed by atoms with Crippen LogP contribution in [0.1, 0.15) is 0 Å². The van der Waals surface area contributed by atoms with E-state index in [1.807, 2.05) is 54.6 Å². The molecule has 198 valence electrons. The number of nitrogens with zero attached hydrogens (tertiary/aromatic N) is 2. The van der Waals surface area contributed by atoms with Crippen molar-refractivity contribution in [2.75, 3.05) is 0 Å². The molecule has 0 spiro atoms. The van der Waals surface area contributed by atoms with Crippen LogP contribution in [0.3, 0.4) is 0 Å². The van der Waals surface area contributed by atoms with Crippen molar-refractivity contribution in [2.45, 2.75) is 0 Å². The van der Waals surface area contributed by atoms with Gasteiger partial charge in [-0.15, -0.1) is 10.2 Å². The Morgan fingerprint density at radius 3 is 1.64 bits per heavy atom. The minimum atomic E-state index is 0.475. The van der Waals surface area contributed by atoms with Gasteiger partial charge in [0.2, 0.25) is 11.8 Å². The highest BCUT2D eigenvalue weighted by molar-refractivity contribution is 6.12. The van der Waals surface area contributed by atoms with E-state index >= 15 is 0 Å². The largest absolute Gasteiger partial charge is 0.455 e. The minimum absolute atomic E-state index is 0.475. The highest BCUT2D eigenvalue weighted by atomic mass is 16.4. The van der Waals surface area contributed by atoms with Crippen LogP contribution in [-0.2, 0) is 0 Å². The Balaban J connectivity index is 1.31. The first-order valence-electron chi connectivity index (χ1n) is 13.9. The van der Waals surface area contributed by atoms with Crippen LogP contribution in [0.15, 0.2) is 154 Å². The van der Waals surface area contributed by atoms with Crippen LogP contribution < -0.4 is 0 Å². The maximum absolute atomic E-state index is 6.58. The minimum Gasteiger partial charge on any atom is -0.455 e. The van der Waals surface area contributed by atoms with Crippen molar-refractivity contribution in [1.29, 1.82) is 0 Å². The van der Waals surface area contributed by atoms with Crippen molar-refractivity contribution >= 4 is 21.9 Å². The van der Waals surface area contributed by atoms with E-state index in [2.05, 4.69) is 101 Å². The lowest BCUT2D eigenvalue weighted by molar-refractivity contribution is 0.584. The van der Waals surface area contributed by atoms with Gasteiger partial charge in [0.05, 0.1) is 0 Å². The zero-order chi connectivity index (χ0) is 27.9. The molecule has 8 aromatic rings. The van der Waals surface area contributed by atoms with Crippen LogP contribution in [0.2, 0.25) is 0 Å². The first kappa shape index (κ1) is 24.1. The second-order valence-corrected chi connectivity index (χ2v) is 10.3. The van der Waals surface area contributed by atoms with E-state index in [1.165, 1.54) is 5.56 Å². The van der Waals surface area contributed by atoms with Crippen molar-refractivity contribution < 1.29 is 8.83 Å². The number of hydrogen-bond acceptors (Lipinski definition) is 4. The van der Waals surface area contributed by atoms with Gasteiger partial charge in [0.1, 0.15) is 11.2 Å². The van der Waals surface area contributed by atoms with Crippen molar-refractivity contribution in [1.82, 2.24) is 10.2 Å². The molecule has 0 fully saturated rings. The first-order chi connectivity index (χ1) is 20.8. The maximum Gasteiger partial charge on any atom is 0.248 e. The predicted octanol–water partition coefficient (Wildman–Crippen LogP) is 10.3. The molecule has 0 unspecified atom stereocenters. The van der Waals surface area contributed by atoms with Crippen molar-refractivity contribution in [3.05, 3.63) is 146 Å². The molecular weight excluding hydrogens is 516 g/mol. The molecule has 0 saturated heterocycles. The molecule has 0 N–H and O–H groups in total. The number of fused-ring (bicyclic) bond motifs is 3. The molecule has 2 heterocycles. The van der Waals surface area contributed by atoms with Gasteiger partial charge >= 0.3 is 0 Å². The Kier molecular flexibility index (Phi) is 5.75. The highest BCUT2D eigenvalue weighted by Gasteiger charge is 2.18. The van der Waals surface area contributed by atoms with E-state index in [9.17, 15) is 0 Å². The van der Waals surface area contributed by atoms with E-state index in [-0.39, 0.29) is 0 Å². The number of aromatic nitrogens is 2.